The van der Waals surface area contributed by atoms with E-state index in [0.29, 0.717) is 24.7 Å². The molecule has 198 valence electrons. The van der Waals surface area contributed by atoms with Crippen molar-refractivity contribution in [2.24, 2.45) is 0 Å². The van der Waals surface area contributed by atoms with Gasteiger partial charge < -0.3 is 15.0 Å². The molecule has 6 aliphatic rings. The van der Waals surface area contributed by atoms with Crippen molar-refractivity contribution in [2.45, 2.75) is 93.7 Å². The fourth-order valence-electron chi connectivity index (χ4n) is 9.03. The Kier molecular flexibility index (Phi) is 5.29. The number of fused-ring (bicyclic) bond motifs is 6. The number of nitrogens with zero attached hydrogens (tertiary/aromatic N) is 5. The summed E-state index contributed by atoms with van der Waals surface area (Å²) in [6.07, 6.45) is 12.7. The molecule has 0 radical (unpaired) electrons. The predicted octanol–water partition coefficient (Wildman–Crippen LogP) is 3.67. The van der Waals surface area contributed by atoms with E-state index in [0.717, 1.165) is 56.6 Å². The third-order valence-corrected chi connectivity index (χ3v) is 10.9. The van der Waals surface area contributed by atoms with Crippen LogP contribution in [0.3, 0.4) is 0 Å². The summed E-state index contributed by atoms with van der Waals surface area (Å²) in [6, 6.07) is 10.5. The van der Waals surface area contributed by atoms with Crippen LogP contribution in [0.25, 0.3) is 0 Å². The van der Waals surface area contributed by atoms with Crippen LogP contribution < -0.4 is 15.0 Å². The molecule has 3 atom stereocenters. The number of hydrogen-bond donors (Lipinski definition) is 1. The lowest BCUT2D eigenvalue weighted by molar-refractivity contribution is 0.107. The molecule has 0 amide bonds. The van der Waals surface area contributed by atoms with E-state index in [1.165, 1.54) is 74.0 Å². The quantitative estimate of drug-likeness (QED) is 0.673. The summed E-state index contributed by atoms with van der Waals surface area (Å²) in [5, 5.41) is 13.5. The van der Waals surface area contributed by atoms with Gasteiger partial charge in [0.05, 0.1) is 22.9 Å². The number of hydrogen-bond acceptors (Lipinski definition) is 7. The molecule has 1 spiro atoms. The minimum absolute atomic E-state index is 0.0763. The van der Waals surface area contributed by atoms with Crippen molar-refractivity contribution in [2.75, 3.05) is 37.7 Å². The zero-order valence-electron chi connectivity index (χ0n) is 22.3. The number of nitriles is 1. The Morgan fingerprint density at radius 1 is 1.00 bits per heavy atom. The molecule has 1 unspecified atom stereocenters. The SMILES string of the molecule is N#Cc1cccc2c1CCC21CCc2c(nc(OCC34CCCN3CCC4)nc2N2C[C@H]3CC[C@@H](C2)N3)C1. The lowest BCUT2D eigenvalue weighted by atomic mass is 9.69. The fourth-order valence-corrected chi connectivity index (χ4v) is 9.03. The molecule has 5 heterocycles. The number of ether oxygens (including phenoxy) is 1. The second-order valence-corrected chi connectivity index (χ2v) is 12.9. The molecule has 1 aromatic heterocycles. The number of anilines is 1. The summed E-state index contributed by atoms with van der Waals surface area (Å²) in [7, 11) is 0. The van der Waals surface area contributed by atoms with Crippen molar-refractivity contribution in [3.05, 3.63) is 46.1 Å². The largest absolute Gasteiger partial charge is 0.461 e. The van der Waals surface area contributed by atoms with E-state index < -0.39 is 0 Å². The van der Waals surface area contributed by atoms with Crippen molar-refractivity contribution in [1.29, 1.82) is 5.26 Å². The number of nitrogens with one attached hydrogen (secondary N) is 1. The average molecular weight is 511 g/mol. The maximum absolute atomic E-state index is 9.72. The molecular weight excluding hydrogens is 472 g/mol. The van der Waals surface area contributed by atoms with Gasteiger partial charge in [0, 0.05) is 36.2 Å². The van der Waals surface area contributed by atoms with Crippen LogP contribution in [0.1, 0.15) is 79.3 Å². The van der Waals surface area contributed by atoms with Gasteiger partial charge in [-0.25, -0.2) is 0 Å². The minimum Gasteiger partial charge on any atom is -0.461 e. The van der Waals surface area contributed by atoms with Crippen molar-refractivity contribution in [3.8, 4) is 12.1 Å². The Morgan fingerprint density at radius 2 is 1.76 bits per heavy atom. The maximum atomic E-state index is 9.72. The van der Waals surface area contributed by atoms with E-state index in [1.54, 1.807) is 0 Å². The van der Waals surface area contributed by atoms with Gasteiger partial charge in [0.15, 0.2) is 0 Å². The van der Waals surface area contributed by atoms with Gasteiger partial charge in [0.1, 0.15) is 12.4 Å². The van der Waals surface area contributed by atoms with Crippen LogP contribution in [0.4, 0.5) is 5.82 Å². The van der Waals surface area contributed by atoms with E-state index in [9.17, 15) is 5.26 Å². The fraction of sp³-hybridized carbons (Fsp3) is 0.645. The van der Waals surface area contributed by atoms with Gasteiger partial charge in [0.2, 0.25) is 0 Å². The zero-order chi connectivity index (χ0) is 25.3. The normalized spacial score (nSPS) is 30.8. The van der Waals surface area contributed by atoms with Crippen LogP contribution in [-0.4, -0.2) is 65.3 Å². The molecule has 2 aliphatic carbocycles. The molecule has 4 aliphatic heterocycles. The first-order chi connectivity index (χ1) is 18.6. The Balaban J connectivity index is 1.15. The van der Waals surface area contributed by atoms with Gasteiger partial charge in [-0.3, -0.25) is 4.90 Å². The molecule has 1 aromatic carbocycles. The second-order valence-electron chi connectivity index (χ2n) is 12.9. The highest BCUT2D eigenvalue weighted by Crippen LogP contribution is 2.49. The smallest absolute Gasteiger partial charge is 0.318 e. The minimum atomic E-state index is 0.0763. The number of piperazine rings is 1. The standard InChI is InChI=1S/C31H38N6O/c32-17-21-4-1-5-26-24(21)8-12-30(26)13-9-25-27(16-30)34-29(38-20-31-10-2-14-37(31)15-3-11-31)35-28(25)36-18-22-6-7-23(19-36)33-22/h1,4-5,22-23,33H,2-3,6-16,18-20H2/t22-,23+,30?. The van der Waals surface area contributed by atoms with Crippen LogP contribution in [0, 0.1) is 11.3 Å². The average Bonchev–Trinajstić information content (AvgIpc) is 3.70. The van der Waals surface area contributed by atoms with Gasteiger partial charge in [-0.2, -0.15) is 15.2 Å². The summed E-state index contributed by atoms with van der Waals surface area (Å²) in [4.78, 5) is 15.5. The van der Waals surface area contributed by atoms with Crippen LogP contribution in [0.2, 0.25) is 0 Å². The van der Waals surface area contributed by atoms with Gasteiger partial charge in [-0.15, -0.1) is 0 Å². The van der Waals surface area contributed by atoms with E-state index in [2.05, 4.69) is 33.3 Å². The monoisotopic (exact) mass is 510 g/mol. The first-order valence-corrected chi connectivity index (χ1v) is 15.0. The molecule has 0 saturated carbocycles. The Labute approximate surface area is 225 Å². The highest BCUT2D eigenvalue weighted by molar-refractivity contribution is 5.56. The molecular formula is C31H38N6O. The van der Waals surface area contributed by atoms with E-state index in [4.69, 9.17) is 14.7 Å². The van der Waals surface area contributed by atoms with Gasteiger partial charge in [0.25, 0.3) is 0 Å². The number of aromatic nitrogens is 2. The summed E-state index contributed by atoms with van der Waals surface area (Å²) in [6.45, 7) is 5.16. The lowest BCUT2D eigenvalue weighted by Gasteiger charge is -2.39. The van der Waals surface area contributed by atoms with Crippen LogP contribution in [0.5, 0.6) is 6.01 Å². The third kappa shape index (κ3) is 3.53. The molecule has 1 N–H and O–H groups in total. The summed E-state index contributed by atoms with van der Waals surface area (Å²) >= 11 is 0. The highest BCUT2D eigenvalue weighted by Gasteiger charge is 2.46. The molecule has 4 fully saturated rings. The first kappa shape index (κ1) is 23.2. The Morgan fingerprint density at radius 3 is 2.53 bits per heavy atom. The van der Waals surface area contributed by atoms with Crippen LogP contribution in [0.15, 0.2) is 18.2 Å². The van der Waals surface area contributed by atoms with Crippen molar-refractivity contribution < 1.29 is 4.74 Å². The van der Waals surface area contributed by atoms with E-state index >= 15 is 0 Å². The molecule has 2 aromatic rings. The first-order valence-electron chi connectivity index (χ1n) is 15.0. The topological polar surface area (TPSA) is 77.3 Å². The summed E-state index contributed by atoms with van der Waals surface area (Å²) in [5.41, 5.74) is 6.30. The molecule has 2 bridgehead atoms. The van der Waals surface area contributed by atoms with E-state index in [-0.39, 0.29) is 11.0 Å². The van der Waals surface area contributed by atoms with Gasteiger partial charge in [-0.05, 0) is 101 Å². The van der Waals surface area contributed by atoms with E-state index in [1.807, 2.05) is 6.07 Å². The second kappa shape index (κ2) is 8.66. The van der Waals surface area contributed by atoms with Crippen molar-refractivity contribution in [3.63, 3.8) is 0 Å². The number of benzene rings is 1. The van der Waals surface area contributed by atoms with Crippen molar-refractivity contribution >= 4 is 5.82 Å². The molecule has 4 saturated heterocycles. The number of rotatable bonds is 4. The van der Waals surface area contributed by atoms with Gasteiger partial charge >= 0.3 is 6.01 Å². The molecule has 38 heavy (non-hydrogen) atoms. The van der Waals surface area contributed by atoms with Crippen molar-refractivity contribution in [1.82, 2.24) is 20.2 Å². The molecule has 7 heteroatoms. The maximum Gasteiger partial charge on any atom is 0.318 e. The zero-order valence-corrected chi connectivity index (χ0v) is 22.3. The van der Waals surface area contributed by atoms with Crippen LogP contribution >= 0.6 is 0 Å². The summed E-state index contributed by atoms with van der Waals surface area (Å²) < 4.78 is 6.57. The predicted molar refractivity (Wildman–Crippen MR) is 146 cm³/mol. The molecule has 7 nitrogen and oxygen atoms in total. The Hall–Kier alpha value is -2.69. The van der Waals surface area contributed by atoms with Crippen LogP contribution in [-0.2, 0) is 24.7 Å². The lowest BCUT2D eigenvalue weighted by Crippen LogP contribution is -2.52. The van der Waals surface area contributed by atoms with Gasteiger partial charge in [-0.1, -0.05) is 12.1 Å². The summed E-state index contributed by atoms with van der Waals surface area (Å²) in [5.74, 6) is 1.13. The highest BCUT2D eigenvalue weighted by atomic mass is 16.5. The Bertz CT molecular complexity index is 1300. The molecule has 8 rings (SSSR count). The third-order valence-electron chi connectivity index (χ3n) is 10.9.